The topological polar surface area (TPSA) is 59.6 Å². The van der Waals surface area contributed by atoms with Crippen molar-refractivity contribution in [3.63, 3.8) is 0 Å². The van der Waals surface area contributed by atoms with Crippen LogP contribution in [0.2, 0.25) is 0 Å². The third-order valence-corrected chi connectivity index (χ3v) is 2.22. The predicted octanol–water partition coefficient (Wildman–Crippen LogP) is 1.74. The van der Waals surface area contributed by atoms with Crippen LogP contribution in [-0.4, -0.2) is 25.2 Å². The summed E-state index contributed by atoms with van der Waals surface area (Å²) in [6, 6.07) is 7.26. The molecule has 1 rings (SSSR count). The number of anilines is 1. The molecule has 1 aromatic carbocycles. The van der Waals surface area contributed by atoms with Crippen LogP contribution in [-0.2, 0) is 9.53 Å². The van der Waals surface area contributed by atoms with E-state index >= 15 is 0 Å². The summed E-state index contributed by atoms with van der Waals surface area (Å²) >= 11 is 5.77. The summed E-state index contributed by atoms with van der Waals surface area (Å²) in [5.41, 5.74) is 5.14. The van der Waals surface area contributed by atoms with Crippen LogP contribution in [0.4, 0.5) is 5.69 Å². The van der Waals surface area contributed by atoms with Gasteiger partial charge in [-0.1, -0.05) is 23.7 Å². The molecule has 2 N–H and O–H groups in total. The van der Waals surface area contributed by atoms with E-state index in [1.807, 2.05) is 12.1 Å². The lowest BCUT2D eigenvalue weighted by molar-refractivity contribution is -0.143. The summed E-state index contributed by atoms with van der Waals surface area (Å²) in [6.07, 6.45) is 0. The third-order valence-electron chi connectivity index (χ3n) is 1.93. The van der Waals surface area contributed by atoms with E-state index in [0.717, 1.165) is 0 Å². The van der Waals surface area contributed by atoms with Gasteiger partial charge in [0.1, 0.15) is 5.75 Å². The summed E-state index contributed by atoms with van der Waals surface area (Å²) in [5.74, 6) is 0.115. The summed E-state index contributed by atoms with van der Waals surface area (Å²) in [5, 5.41) is 0. The predicted molar refractivity (Wildman–Crippen MR) is 66.0 cm³/mol. The van der Waals surface area contributed by atoms with Gasteiger partial charge in [0.05, 0.1) is 19.4 Å². The van der Waals surface area contributed by atoms with E-state index in [2.05, 4.69) is 10.9 Å². The molecule has 0 saturated heterocycles. The van der Waals surface area contributed by atoms with Crippen molar-refractivity contribution in [2.75, 3.05) is 19.1 Å². The molecule has 0 aliphatic carbocycles. The van der Waals surface area contributed by atoms with E-state index in [0.29, 0.717) is 18.0 Å². The van der Waals surface area contributed by atoms with Gasteiger partial charge in [-0.15, -0.1) is 0 Å². The molecule has 0 fully saturated rings. The van der Waals surface area contributed by atoms with Crippen molar-refractivity contribution in [2.45, 2.75) is 12.4 Å². The summed E-state index contributed by atoms with van der Waals surface area (Å²) in [6.45, 7) is 2.01. The number of benzene rings is 1. The molecule has 0 aromatic heterocycles. The molecular weight excluding hydrogens is 244 g/mol. The molecule has 0 amide bonds. The Morgan fingerprint density at radius 3 is 2.82 bits per heavy atom. The quantitative estimate of drug-likeness (QED) is 0.352. The average Bonchev–Trinajstić information content (AvgIpc) is 2.36. The number of carbonyl (C=O) groups is 1. The zero-order chi connectivity index (χ0) is 12.7. The SMILES string of the molecule is CCOC(=O)C(Cl)NNc1ccccc1OC. The van der Waals surface area contributed by atoms with E-state index in [1.54, 1.807) is 26.2 Å². The zero-order valence-corrected chi connectivity index (χ0v) is 10.5. The highest BCUT2D eigenvalue weighted by Crippen LogP contribution is 2.22. The van der Waals surface area contributed by atoms with Crippen molar-refractivity contribution >= 4 is 23.3 Å². The van der Waals surface area contributed by atoms with E-state index in [9.17, 15) is 4.79 Å². The molecule has 0 aliphatic heterocycles. The first-order valence-electron chi connectivity index (χ1n) is 5.14. The van der Waals surface area contributed by atoms with Gasteiger partial charge in [0, 0.05) is 0 Å². The van der Waals surface area contributed by atoms with E-state index in [1.165, 1.54) is 0 Å². The smallest absolute Gasteiger partial charge is 0.340 e. The van der Waals surface area contributed by atoms with Gasteiger partial charge >= 0.3 is 5.97 Å². The lowest BCUT2D eigenvalue weighted by Gasteiger charge is -2.14. The largest absolute Gasteiger partial charge is 0.495 e. The van der Waals surface area contributed by atoms with Crippen LogP contribution in [0.15, 0.2) is 24.3 Å². The molecule has 1 atom stereocenters. The van der Waals surface area contributed by atoms with Gasteiger partial charge in [0.15, 0.2) is 5.50 Å². The Labute approximate surface area is 105 Å². The summed E-state index contributed by atoms with van der Waals surface area (Å²) < 4.78 is 9.87. The number of rotatable bonds is 6. The molecule has 0 bridgehead atoms. The maximum Gasteiger partial charge on any atom is 0.340 e. The number of methoxy groups -OCH3 is 1. The zero-order valence-electron chi connectivity index (χ0n) is 9.70. The number of carbonyl (C=O) groups excluding carboxylic acids is 1. The van der Waals surface area contributed by atoms with Crippen molar-refractivity contribution in [3.8, 4) is 5.75 Å². The molecule has 0 aliphatic rings. The minimum Gasteiger partial charge on any atom is -0.495 e. The summed E-state index contributed by atoms with van der Waals surface area (Å²) in [4.78, 5) is 11.2. The number of halogens is 1. The molecular formula is C11H15ClN2O3. The second-order valence-corrected chi connectivity index (χ2v) is 3.52. The van der Waals surface area contributed by atoms with E-state index in [-0.39, 0.29) is 0 Å². The molecule has 0 spiro atoms. The summed E-state index contributed by atoms with van der Waals surface area (Å²) in [7, 11) is 1.56. The van der Waals surface area contributed by atoms with Gasteiger partial charge < -0.3 is 14.9 Å². The highest BCUT2D eigenvalue weighted by Gasteiger charge is 2.15. The first-order chi connectivity index (χ1) is 8.19. The van der Waals surface area contributed by atoms with Gasteiger partial charge in [0.2, 0.25) is 0 Å². The number of esters is 1. The Morgan fingerprint density at radius 1 is 1.47 bits per heavy atom. The Hall–Kier alpha value is -1.46. The van der Waals surface area contributed by atoms with Crippen LogP contribution in [0, 0.1) is 0 Å². The fraction of sp³-hybridized carbons (Fsp3) is 0.364. The minimum atomic E-state index is -0.958. The number of alkyl halides is 1. The first kappa shape index (κ1) is 13.6. The number of hydrazine groups is 1. The highest BCUT2D eigenvalue weighted by atomic mass is 35.5. The maximum absolute atomic E-state index is 11.2. The molecule has 6 heteroatoms. The number of ether oxygens (including phenoxy) is 2. The molecule has 94 valence electrons. The van der Waals surface area contributed by atoms with Gasteiger partial charge in [-0.05, 0) is 19.1 Å². The van der Waals surface area contributed by atoms with Crippen LogP contribution in [0.5, 0.6) is 5.75 Å². The van der Waals surface area contributed by atoms with Crippen molar-refractivity contribution in [1.82, 2.24) is 5.43 Å². The monoisotopic (exact) mass is 258 g/mol. The fourth-order valence-corrected chi connectivity index (χ4v) is 1.28. The van der Waals surface area contributed by atoms with Gasteiger partial charge in [0.25, 0.3) is 0 Å². The number of nitrogens with one attached hydrogen (secondary N) is 2. The molecule has 0 radical (unpaired) electrons. The van der Waals surface area contributed by atoms with Crippen molar-refractivity contribution in [1.29, 1.82) is 0 Å². The lowest BCUT2D eigenvalue weighted by Crippen LogP contribution is -2.37. The maximum atomic E-state index is 11.2. The lowest BCUT2D eigenvalue weighted by atomic mass is 10.3. The molecule has 1 aromatic rings. The molecule has 5 nitrogen and oxygen atoms in total. The van der Waals surface area contributed by atoms with Crippen molar-refractivity contribution in [2.24, 2.45) is 0 Å². The van der Waals surface area contributed by atoms with Crippen LogP contribution < -0.4 is 15.6 Å². The van der Waals surface area contributed by atoms with Crippen molar-refractivity contribution < 1.29 is 14.3 Å². The Balaban J connectivity index is 2.52. The number of hydrogen-bond donors (Lipinski definition) is 2. The minimum absolute atomic E-state index is 0.290. The Kier molecular flexibility index (Phi) is 5.59. The van der Waals surface area contributed by atoms with Gasteiger partial charge in [-0.25, -0.2) is 10.2 Å². The average molecular weight is 259 g/mol. The third kappa shape index (κ3) is 4.13. The highest BCUT2D eigenvalue weighted by molar-refractivity contribution is 6.29. The number of para-hydroxylation sites is 2. The van der Waals surface area contributed by atoms with E-state index < -0.39 is 11.5 Å². The Morgan fingerprint density at radius 2 is 2.18 bits per heavy atom. The molecule has 1 unspecified atom stereocenters. The second-order valence-electron chi connectivity index (χ2n) is 3.08. The van der Waals surface area contributed by atoms with E-state index in [4.69, 9.17) is 21.1 Å². The standard InChI is InChI=1S/C11H15ClN2O3/c1-3-17-11(15)10(12)14-13-8-6-4-5-7-9(8)16-2/h4-7,10,13-14H,3H2,1-2H3. The van der Waals surface area contributed by atoms with Crippen LogP contribution in [0.25, 0.3) is 0 Å². The van der Waals surface area contributed by atoms with Crippen molar-refractivity contribution in [3.05, 3.63) is 24.3 Å². The molecule has 17 heavy (non-hydrogen) atoms. The second kappa shape index (κ2) is 6.98. The van der Waals surface area contributed by atoms with Gasteiger partial charge in [-0.3, -0.25) is 0 Å². The normalized spacial score (nSPS) is 11.7. The van der Waals surface area contributed by atoms with Gasteiger partial charge in [-0.2, -0.15) is 0 Å². The number of hydrogen-bond acceptors (Lipinski definition) is 5. The van der Waals surface area contributed by atoms with Crippen LogP contribution >= 0.6 is 11.6 Å². The molecule has 0 saturated carbocycles. The first-order valence-corrected chi connectivity index (χ1v) is 5.58. The van der Waals surface area contributed by atoms with Crippen LogP contribution in [0.3, 0.4) is 0 Å². The molecule has 0 heterocycles. The van der Waals surface area contributed by atoms with Crippen LogP contribution in [0.1, 0.15) is 6.92 Å². The fourth-order valence-electron chi connectivity index (χ4n) is 1.16. The Bertz CT molecular complexity index is 373.